The van der Waals surface area contributed by atoms with Crippen molar-refractivity contribution >= 4 is 33.4 Å². The molecule has 1 saturated heterocycles. The van der Waals surface area contributed by atoms with Crippen LogP contribution in [-0.4, -0.2) is 39.2 Å². The number of piperidine rings is 1. The minimum Gasteiger partial charge on any atom is -0.317 e. The van der Waals surface area contributed by atoms with Gasteiger partial charge in [-0.25, -0.2) is 9.97 Å². The molecule has 25 heavy (non-hydrogen) atoms. The smallest absolute Gasteiger partial charge is 0.258 e. The van der Waals surface area contributed by atoms with Gasteiger partial charge >= 0.3 is 0 Å². The molecule has 8 heteroatoms. The first kappa shape index (κ1) is 16.2. The van der Waals surface area contributed by atoms with E-state index in [4.69, 9.17) is 0 Å². The van der Waals surface area contributed by atoms with Crippen molar-refractivity contribution < 1.29 is 4.79 Å². The van der Waals surface area contributed by atoms with Crippen LogP contribution in [-0.2, 0) is 0 Å². The molecule has 1 fully saturated rings. The van der Waals surface area contributed by atoms with Crippen LogP contribution in [0.2, 0.25) is 0 Å². The largest absolute Gasteiger partial charge is 0.317 e. The normalized spacial score (nSPS) is 15.6. The van der Waals surface area contributed by atoms with Crippen molar-refractivity contribution in [1.82, 2.24) is 25.5 Å². The van der Waals surface area contributed by atoms with Gasteiger partial charge in [0.15, 0.2) is 10.8 Å². The Kier molecular flexibility index (Phi) is 4.22. The number of rotatable bonds is 3. The zero-order valence-corrected chi connectivity index (χ0v) is 15.0. The molecule has 130 valence electrons. The first-order valence-corrected chi connectivity index (χ1v) is 9.23. The molecule has 4 rings (SSSR count). The van der Waals surface area contributed by atoms with Gasteiger partial charge in [0.1, 0.15) is 0 Å². The van der Waals surface area contributed by atoms with Crippen LogP contribution in [0, 0.1) is 13.8 Å². The molecular weight excluding hydrogens is 336 g/mol. The SMILES string of the molecule is Cc1cc(C(=O)Nc2ncc(C3CCNCC3)s2)c2c(C)[nH]nc2n1. The molecule has 0 aromatic carbocycles. The number of anilines is 1. The topological polar surface area (TPSA) is 95.6 Å². The van der Waals surface area contributed by atoms with Crippen LogP contribution in [0.3, 0.4) is 0 Å². The van der Waals surface area contributed by atoms with Crippen LogP contribution < -0.4 is 10.6 Å². The fraction of sp³-hybridized carbons (Fsp3) is 0.412. The van der Waals surface area contributed by atoms with E-state index >= 15 is 0 Å². The van der Waals surface area contributed by atoms with Crippen molar-refractivity contribution in [2.24, 2.45) is 0 Å². The Labute approximate surface area is 149 Å². The van der Waals surface area contributed by atoms with Crippen LogP contribution in [0.1, 0.15) is 45.4 Å². The molecule has 7 nitrogen and oxygen atoms in total. The minimum atomic E-state index is -0.175. The summed E-state index contributed by atoms with van der Waals surface area (Å²) in [5.41, 5.74) is 2.74. The van der Waals surface area contributed by atoms with Gasteiger partial charge in [-0.3, -0.25) is 15.2 Å². The predicted molar refractivity (Wildman–Crippen MR) is 98.3 cm³/mol. The van der Waals surface area contributed by atoms with Gasteiger partial charge in [-0.1, -0.05) is 0 Å². The van der Waals surface area contributed by atoms with E-state index in [-0.39, 0.29) is 5.91 Å². The predicted octanol–water partition coefficient (Wildman–Crippen LogP) is 2.75. The molecular formula is C17H20N6OS. The van der Waals surface area contributed by atoms with Gasteiger partial charge < -0.3 is 5.32 Å². The van der Waals surface area contributed by atoms with Crippen molar-refractivity contribution in [3.8, 4) is 0 Å². The van der Waals surface area contributed by atoms with Crippen LogP contribution in [0.4, 0.5) is 5.13 Å². The first-order valence-electron chi connectivity index (χ1n) is 8.42. The Bertz CT molecular complexity index is 925. The van der Waals surface area contributed by atoms with E-state index in [0.29, 0.717) is 22.3 Å². The zero-order chi connectivity index (χ0) is 17.4. The summed E-state index contributed by atoms with van der Waals surface area (Å²) in [6, 6.07) is 1.79. The summed E-state index contributed by atoms with van der Waals surface area (Å²) in [7, 11) is 0. The molecule has 3 aromatic heterocycles. The molecule has 0 spiro atoms. The van der Waals surface area contributed by atoms with Crippen LogP contribution in [0.15, 0.2) is 12.3 Å². The number of H-pyrrole nitrogens is 1. The summed E-state index contributed by atoms with van der Waals surface area (Å²) in [5, 5.41) is 14.8. The molecule has 0 atom stereocenters. The second kappa shape index (κ2) is 6.53. The first-order chi connectivity index (χ1) is 12.1. The number of thiazole rings is 1. The molecule has 3 aromatic rings. The van der Waals surface area contributed by atoms with Crippen LogP contribution in [0.5, 0.6) is 0 Å². The minimum absolute atomic E-state index is 0.175. The van der Waals surface area contributed by atoms with Gasteiger partial charge in [-0.05, 0) is 51.8 Å². The maximum Gasteiger partial charge on any atom is 0.258 e. The van der Waals surface area contributed by atoms with E-state index in [1.54, 1.807) is 17.4 Å². The molecule has 0 unspecified atom stereocenters. The Morgan fingerprint density at radius 1 is 1.32 bits per heavy atom. The van der Waals surface area contributed by atoms with Crippen molar-refractivity contribution in [1.29, 1.82) is 0 Å². The lowest BCUT2D eigenvalue weighted by Crippen LogP contribution is -2.26. The fourth-order valence-electron chi connectivity index (χ4n) is 3.28. The number of amides is 1. The monoisotopic (exact) mass is 356 g/mol. The molecule has 0 saturated carbocycles. The highest BCUT2D eigenvalue weighted by molar-refractivity contribution is 7.15. The summed E-state index contributed by atoms with van der Waals surface area (Å²) >= 11 is 1.57. The van der Waals surface area contributed by atoms with Gasteiger partial charge in [-0.2, -0.15) is 5.10 Å². The number of nitrogens with one attached hydrogen (secondary N) is 3. The zero-order valence-electron chi connectivity index (χ0n) is 14.2. The molecule has 3 N–H and O–H groups in total. The third kappa shape index (κ3) is 3.14. The summed E-state index contributed by atoms with van der Waals surface area (Å²) in [4.78, 5) is 22.8. The Balaban J connectivity index is 1.58. The van der Waals surface area contributed by atoms with Gasteiger partial charge in [0.25, 0.3) is 5.91 Å². The average molecular weight is 356 g/mol. The second-order valence-corrected chi connectivity index (χ2v) is 7.47. The molecule has 0 radical (unpaired) electrons. The third-order valence-electron chi connectivity index (χ3n) is 4.56. The summed E-state index contributed by atoms with van der Waals surface area (Å²) < 4.78 is 0. The number of aromatic amines is 1. The second-order valence-electron chi connectivity index (χ2n) is 6.40. The van der Waals surface area contributed by atoms with E-state index in [1.165, 1.54) is 4.88 Å². The average Bonchev–Trinajstić information content (AvgIpc) is 3.22. The maximum absolute atomic E-state index is 12.8. The van der Waals surface area contributed by atoms with Gasteiger partial charge in [0, 0.05) is 22.5 Å². The number of hydrogen-bond donors (Lipinski definition) is 3. The number of fused-ring (bicyclic) bond motifs is 1. The standard InChI is InChI=1S/C17H20N6OS/c1-9-7-12(14-10(2)22-23-15(14)20-9)16(24)21-17-19-8-13(25-17)11-3-5-18-6-4-11/h7-8,11,18H,3-6H2,1-2H3,(H,19,21,24)(H,20,22,23). The molecule has 1 aliphatic rings. The lowest BCUT2D eigenvalue weighted by Gasteiger charge is -2.20. The van der Waals surface area contributed by atoms with E-state index in [9.17, 15) is 4.79 Å². The van der Waals surface area contributed by atoms with Gasteiger partial charge in [0.2, 0.25) is 0 Å². The number of nitrogens with zero attached hydrogens (tertiary/aromatic N) is 3. The maximum atomic E-state index is 12.8. The third-order valence-corrected chi connectivity index (χ3v) is 5.64. The van der Waals surface area contributed by atoms with Gasteiger partial charge in [-0.15, -0.1) is 11.3 Å². The van der Waals surface area contributed by atoms with E-state index in [2.05, 4.69) is 30.8 Å². The highest BCUT2D eigenvalue weighted by Crippen LogP contribution is 2.32. The number of aryl methyl sites for hydroxylation is 2. The van der Waals surface area contributed by atoms with Gasteiger partial charge in [0.05, 0.1) is 10.9 Å². The van der Waals surface area contributed by atoms with Crippen LogP contribution >= 0.6 is 11.3 Å². The number of aromatic nitrogens is 4. The Morgan fingerprint density at radius 3 is 2.92 bits per heavy atom. The number of carbonyl (C=O) groups is 1. The Morgan fingerprint density at radius 2 is 2.12 bits per heavy atom. The lowest BCUT2D eigenvalue weighted by atomic mass is 9.97. The Hall–Kier alpha value is -2.32. The quantitative estimate of drug-likeness (QED) is 0.671. The highest BCUT2D eigenvalue weighted by Gasteiger charge is 2.20. The van der Waals surface area contributed by atoms with E-state index in [0.717, 1.165) is 42.7 Å². The number of hydrogen-bond acceptors (Lipinski definition) is 6. The molecule has 0 bridgehead atoms. The number of carbonyl (C=O) groups excluding carboxylic acids is 1. The number of pyridine rings is 1. The van der Waals surface area contributed by atoms with Crippen molar-refractivity contribution in [3.63, 3.8) is 0 Å². The molecule has 1 amide bonds. The van der Waals surface area contributed by atoms with E-state index in [1.807, 2.05) is 20.0 Å². The summed E-state index contributed by atoms with van der Waals surface area (Å²) in [6.45, 7) is 5.83. The molecule has 1 aliphatic heterocycles. The molecule has 4 heterocycles. The summed E-state index contributed by atoms with van der Waals surface area (Å²) in [6.07, 6.45) is 4.13. The van der Waals surface area contributed by atoms with Crippen molar-refractivity contribution in [3.05, 3.63) is 34.1 Å². The molecule has 0 aliphatic carbocycles. The van der Waals surface area contributed by atoms with Crippen molar-refractivity contribution in [2.45, 2.75) is 32.6 Å². The highest BCUT2D eigenvalue weighted by atomic mass is 32.1. The lowest BCUT2D eigenvalue weighted by molar-refractivity contribution is 0.102. The van der Waals surface area contributed by atoms with Crippen LogP contribution in [0.25, 0.3) is 11.0 Å². The summed E-state index contributed by atoms with van der Waals surface area (Å²) in [5.74, 6) is 0.363. The fourth-order valence-corrected chi connectivity index (χ4v) is 4.26. The van der Waals surface area contributed by atoms with Crippen molar-refractivity contribution in [2.75, 3.05) is 18.4 Å². The van der Waals surface area contributed by atoms with E-state index < -0.39 is 0 Å².